The molecule has 3 aromatic rings. The zero-order valence-electron chi connectivity index (χ0n) is 14.6. The van der Waals surface area contributed by atoms with Crippen molar-refractivity contribution in [3.05, 3.63) is 52.0 Å². The van der Waals surface area contributed by atoms with Gasteiger partial charge in [-0.1, -0.05) is 30.0 Å². The summed E-state index contributed by atoms with van der Waals surface area (Å²) in [6.45, 7) is 1.89. The molecule has 0 spiro atoms. The molecule has 9 heteroatoms. The van der Waals surface area contributed by atoms with Crippen LogP contribution in [0.5, 0.6) is 0 Å². The van der Waals surface area contributed by atoms with Gasteiger partial charge in [0.15, 0.2) is 5.78 Å². The minimum absolute atomic E-state index is 0.0289. The predicted octanol–water partition coefficient (Wildman–Crippen LogP) is 4.76. The number of fused-ring (bicyclic) bond motifs is 1. The number of carbonyl (C=O) groups is 1. The number of nitrogens with zero attached hydrogens (tertiary/aromatic N) is 2. The van der Waals surface area contributed by atoms with Crippen molar-refractivity contribution in [2.75, 3.05) is 18.8 Å². The number of aromatic nitrogens is 2. The van der Waals surface area contributed by atoms with Gasteiger partial charge >= 0.3 is 6.18 Å². The van der Waals surface area contributed by atoms with Crippen LogP contribution < -0.4 is 5.32 Å². The molecule has 1 atom stereocenters. The van der Waals surface area contributed by atoms with Gasteiger partial charge in [-0.3, -0.25) is 4.79 Å². The van der Waals surface area contributed by atoms with Gasteiger partial charge in [-0.15, -0.1) is 11.3 Å². The molecule has 3 heterocycles. The van der Waals surface area contributed by atoms with Gasteiger partial charge in [0.2, 0.25) is 5.82 Å². The number of alkyl halides is 3. The molecule has 1 N–H and O–H groups in total. The highest BCUT2D eigenvalue weighted by molar-refractivity contribution is 8.00. The molecule has 0 unspecified atom stereocenters. The van der Waals surface area contributed by atoms with Crippen molar-refractivity contribution in [2.24, 2.45) is 0 Å². The Kier molecular flexibility index (Phi) is 5.39. The lowest BCUT2D eigenvalue weighted by molar-refractivity contribution is -0.145. The maximum atomic E-state index is 13.1. The fraction of sp³-hybridized carbons (Fsp3) is 0.316. The summed E-state index contributed by atoms with van der Waals surface area (Å²) in [5, 5.41) is 3.98. The largest absolute Gasteiger partial charge is 0.451 e. The number of thioether (sulfide) groups is 1. The second kappa shape index (κ2) is 7.81. The number of ketones is 1. The summed E-state index contributed by atoms with van der Waals surface area (Å²) >= 11 is 2.49. The second-order valence-electron chi connectivity index (χ2n) is 6.47. The van der Waals surface area contributed by atoms with Gasteiger partial charge in [0.05, 0.1) is 16.1 Å². The third-order valence-electron chi connectivity index (χ3n) is 4.53. The first kappa shape index (κ1) is 19.4. The van der Waals surface area contributed by atoms with E-state index in [0.717, 1.165) is 31.3 Å². The number of hydrogen-bond donors (Lipinski definition) is 1. The molecule has 0 radical (unpaired) electrons. The Bertz CT molecular complexity index is 1010. The summed E-state index contributed by atoms with van der Waals surface area (Å²) in [7, 11) is 0. The molecule has 1 aliphatic rings. The number of hydrogen-bond acceptors (Lipinski definition) is 6. The summed E-state index contributed by atoms with van der Waals surface area (Å²) in [5.74, 6) is -0.836. The molecule has 1 aromatic carbocycles. The molecule has 146 valence electrons. The van der Waals surface area contributed by atoms with Crippen molar-refractivity contribution in [1.82, 2.24) is 15.3 Å². The number of para-hydroxylation sites is 1. The Hall–Kier alpha value is -1.97. The van der Waals surface area contributed by atoms with Gasteiger partial charge in [0.25, 0.3) is 0 Å². The number of rotatable bonds is 5. The molecule has 4 nitrogen and oxygen atoms in total. The van der Waals surface area contributed by atoms with E-state index in [1.54, 1.807) is 24.3 Å². The van der Waals surface area contributed by atoms with Crippen LogP contribution in [-0.2, 0) is 6.18 Å². The first-order chi connectivity index (χ1) is 13.4. The molecule has 4 rings (SSSR count). The fourth-order valence-electron chi connectivity index (χ4n) is 3.11. The molecule has 0 saturated carbocycles. The molecule has 2 aromatic heterocycles. The van der Waals surface area contributed by atoms with Gasteiger partial charge in [-0.05, 0) is 31.2 Å². The number of nitrogens with one attached hydrogen (secondary N) is 1. The normalized spacial score (nSPS) is 17.3. The van der Waals surface area contributed by atoms with E-state index in [4.69, 9.17) is 0 Å². The topological polar surface area (TPSA) is 54.9 Å². The van der Waals surface area contributed by atoms with Crippen LogP contribution in [0.25, 0.3) is 10.9 Å². The number of carbonyl (C=O) groups excluding carboxylic acids is 1. The number of benzene rings is 1. The summed E-state index contributed by atoms with van der Waals surface area (Å²) in [6.07, 6.45) is -3.59. The van der Waals surface area contributed by atoms with Crippen LogP contribution >= 0.6 is 23.1 Å². The van der Waals surface area contributed by atoms with E-state index in [-0.39, 0.29) is 22.1 Å². The first-order valence-electron chi connectivity index (χ1n) is 8.72. The van der Waals surface area contributed by atoms with Crippen LogP contribution in [0.2, 0.25) is 0 Å². The monoisotopic (exact) mass is 423 g/mol. The van der Waals surface area contributed by atoms with Crippen molar-refractivity contribution in [3.63, 3.8) is 0 Å². The van der Waals surface area contributed by atoms with Crippen molar-refractivity contribution >= 4 is 39.8 Å². The Balaban J connectivity index is 1.54. The lowest BCUT2D eigenvalue weighted by atomic mass is 10.1. The van der Waals surface area contributed by atoms with Crippen LogP contribution in [0.1, 0.15) is 32.7 Å². The average Bonchev–Trinajstić information content (AvgIpc) is 3.36. The molecule has 0 aliphatic carbocycles. The minimum Gasteiger partial charge on any atom is -0.316 e. The third-order valence-corrected chi connectivity index (χ3v) is 6.81. The van der Waals surface area contributed by atoms with E-state index in [9.17, 15) is 18.0 Å². The summed E-state index contributed by atoms with van der Waals surface area (Å²) in [4.78, 5) is 21.6. The van der Waals surface area contributed by atoms with Crippen molar-refractivity contribution in [1.29, 1.82) is 0 Å². The summed E-state index contributed by atoms with van der Waals surface area (Å²) < 4.78 is 39.3. The van der Waals surface area contributed by atoms with E-state index in [2.05, 4.69) is 15.3 Å². The smallest absolute Gasteiger partial charge is 0.316 e. The highest BCUT2D eigenvalue weighted by atomic mass is 32.2. The minimum atomic E-state index is -4.64. The Morgan fingerprint density at radius 3 is 2.79 bits per heavy atom. The molecule has 28 heavy (non-hydrogen) atoms. The van der Waals surface area contributed by atoms with Crippen LogP contribution in [0, 0.1) is 0 Å². The highest BCUT2D eigenvalue weighted by Gasteiger charge is 2.35. The molecule has 1 fully saturated rings. The average molecular weight is 423 g/mol. The highest BCUT2D eigenvalue weighted by Crippen LogP contribution is 2.33. The molecular weight excluding hydrogens is 407 g/mol. The standard InChI is InChI=1S/C19H16F3N3OS2/c20-19(21,22)18-24-13-4-2-1-3-12(13)17(25-18)27-10-14(26)16-6-5-15(28-16)11-7-8-23-9-11/h1-6,11,23H,7-10H2/t11-/m0/s1. The third kappa shape index (κ3) is 4.06. The van der Waals surface area contributed by atoms with Crippen molar-refractivity contribution in [3.8, 4) is 0 Å². The predicted molar refractivity (Wildman–Crippen MR) is 104 cm³/mol. The van der Waals surface area contributed by atoms with Gasteiger partial charge in [-0.2, -0.15) is 13.2 Å². The molecule has 0 amide bonds. The number of thiophene rings is 1. The Morgan fingerprint density at radius 2 is 2.04 bits per heavy atom. The lowest BCUT2D eigenvalue weighted by Gasteiger charge is -2.10. The van der Waals surface area contributed by atoms with E-state index >= 15 is 0 Å². The maximum absolute atomic E-state index is 13.1. The second-order valence-corrected chi connectivity index (χ2v) is 8.55. The summed E-state index contributed by atoms with van der Waals surface area (Å²) in [6, 6.07) is 10.3. The van der Waals surface area contributed by atoms with Gasteiger partial charge in [-0.25, -0.2) is 9.97 Å². The Labute approximate surface area is 167 Å². The summed E-state index contributed by atoms with van der Waals surface area (Å²) in [5.41, 5.74) is 0.215. The number of Topliss-reactive ketones (excluding diaryl/α,β-unsaturated/α-hetero) is 1. The van der Waals surface area contributed by atoms with Crippen LogP contribution in [0.3, 0.4) is 0 Å². The van der Waals surface area contributed by atoms with Crippen molar-refractivity contribution in [2.45, 2.75) is 23.5 Å². The fourth-order valence-corrected chi connectivity index (χ4v) is 5.18. The molecular formula is C19H16F3N3OS2. The van der Waals surface area contributed by atoms with Gasteiger partial charge in [0.1, 0.15) is 5.03 Å². The van der Waals surface area contributed by atoms with E-state index in [1.807, 2.05) is 6.07 Å². The van der Waals surface area contributed by atoms with Crippen LogP contribution in [0.4, 0.5) is 13.2 Å². The maximum Gasteiger partial charge on any atom is 0.451 e. The zero-order chi connectivity index (χ0) is 19.7. The Morgan fingerprint density at radius 1 is 1.21 bits per heavy atom. The van der Waals surface area contributed by atoms with E-state index in [1.165, 1.54) is 22.3 Å². The van der Waals surface area contributed by atoms with E-state index in [0.29, 0.717) is 16.2 Å². The lowest BCUT2D eigenvalue weighted by Crippen LogP contribution is -2.12. The van der Waals surface area contributed by atoms with Crippen LogP contribution in [-0.4, -0.2) is 34.6 Å². The number of halogens is 3. The quantitative estimate of drug-likeness (QED) is 0.364. The molecule has 1 saturated heterocycles. The van der Waals surface area contributed by atoms with Crippen LogP contribution in [0.15, 0.2) is 41.4 Å². The van der Waals surface area contributed by atoms with Crippen molar-refractivity contribution < 1.29 is 18.0 Å². The zero-order valence-corrected chi connectivity index (χ0v) is 16.3. The SMILES string of the molecule is O=C(CSc1nc(C(F)(F)F)nc2ccccc12)c1ccc([C@H]2CCNC2)s1. The van der Waals surface area contributed by atoms with Gasteiger partial charge < -0.3 is 5.32 Å². The molecule has 1 aliphatic heterocycles. The first-order valence-corrected chi connectivity index (χ1v) is 10.5. The van der Waals surface area contributed by atoms with E-state index < -0.39 is 12.0 Å². The molecule has 0 bridgehead atoms. The van der Waals surface area contributed by atoms with Gasteiger partial charge in [0, 0.05) is 22.7 Å².